The first-order chi connectivity index (χ1) is 5.36. The molecule has 11 heavy (non-hydrogen) atoms. The molecule has 0 aromatic heterocycles. The van der Waals surface area contributed by atoms with Crippen LogP contribution in [0.5, 0.6) is 5.75 Å². The van der Waals surface area contributed by atoms with Crippen molar-refractivity contribution >= 4 is 11.8 Å². The van der Waals surface area contributed by atoms with Gasteiger partial charge in [0.1, 0.15) is 0 Å². The third kappa shape index (κ3) is 1.00. The molecule has 1 aliphatic rings. The molecule has 0 spiro atoms. The number of benzene rings is 1. The van der Waals surface area contributed by atoms with E-state index >= 15 is 0 Å². The Labute approximate surface area is 64.4 Å². The summed E-state index contributed by atoms with van der Waals surface area (Å²) in [6.07, 6.45) is 3.66. The molecular weight excluding hydrogens is 140 g/mol. The zero-order valence-corrected chi connectivity index (χ0v) is 5.87. The van der Waals surface area contributed by atoms with Gasteiger partial charge >= 0.3 is 0 Å². The minimum Gasteiger partial charge on any atom is -0.399 e. The minimum absolute atomic E-state index is 0.709. The summed E-state index contributed by atoms with van der Waals surface area (Å²) in [5, 5.41) is 0. The number of nitrogen functional groups attached to an aromatic ring is 1. The van der Waals surface area contributed by atoms with Crippen molar-refractivity contribution in [1.29, 1.82) is 0 Å². The Morgan fingerprint density at radius 1 is 1.36 bits per heavy atom. The molecule has 0 saturated carbocycles. The summed E-state index contributed by atoms with van der Waals surface area (Å²) >= 11 is 0. The summed E-state index contributed by atoms with van der Waals surface area (Å²) in [4.78, 5) is 5.09. The normalized spacial score (nSPS) is 13.1. The van der Waals surface area contributed by atoms with Crippen molar-refractivity contribution in [2.24, 2.45) is 0 Å². The van der Waals surface area contributed by atoms with Crippen LogP contribution >= 0.6 is 0 Å². The first kappa shape index (κ1) is 6.09. The number of anilines is 1. The van der Waals surface area contributed by atoms with E-state index in [0.29, 0.717) is 5.69 Å². The van der Waals surface area contributed by atoms with Gasteiger partial charge in [-0.05, 0) is 18.2 Å². The molecule has 3 heteroatoms. The topological polar surface area (TPSA) is 47.3 Å². The molecular formula is C8H8N2O. The molecule has 56 valence electrons. The van der Waals surface area contributed by atoms with Gasteiger partial charge in [0.15, 0.2) is 5.75 Å². The molecule has 2 rings (SSSR count). The van der Waals surface area contributed by atoms with Crippen LogP contribution in [0.25, 0.3) is 6.08 Å². The summed E-state index contributed by atoms with van der Waals surface area (Å²) in [7, 11) is 0. The molecule has 0 fully saturated rings. The van der Waals surface area contributed by atoms with Crippen LogP contribution in [0.15, 0.2) is 24.4 Å². The van der Waals surface area contributed by atoms with Crippen LogP contribution in [0, 0.1) is 0 Å². The van der Waals surface area contributed by atoms with Crippen LogP contribution in [0.2, 0.25) is 0 Å². The predicted molar refractivity (Wildman–Crippen MR) is 43.7 cm³/mol. The highest BCUT2D eigenvalue weighted by Crippen LogP contribution is 2.23. The van der Waals surface area contributed by atoms with Crippen molar-refractivity contribution in [3.05, 3.63) is 30.0 Å². The molecule has 0 aliphatic carbocycles. The van der Waals surface area contributed by atoms with Gasteiger partial charge < -0.3 is 10.6 Å². The summed E-state index contributed by atoms with van der Waals surface area (Å²) in [5.74, 6) is 0.771. The average molecular weight is 148 g/mol. The van der Waals surface area contributed by atoms with Gasteiger partial charge in [0.05, 0.1) is 0 Å². The number of hydroxylamine groups is 1. The highest BCUT2D eigenvalue weighted by Gasteiger charge is 2.04. The Kier molecular flexibility index (Phi) is 1.22. The lowest BCUT2D eigenvalue weighted by atomic mass is 10.2. The van der Waals surface area contributed by atoms with Gasteiger partial charge in [-0.15, -0.1) is 0 Å². The van der Waals surface area contributed by atoms with Crippen molar-refractivity contribution in [1.82, 2.24) is 5.48 Å². The number of hydrogen-bond donors (Lipinski definition) is 2. The van der Waals surface area contributed by atoms with Crippen molar-refractivity contribution in [3.8, 4) is 5.75 Å². The van der Waals surface area contributed by atoms with E-state index in [1.165, 1.54) is 0 Å². The van der Waals surface area contributed by atoms with E-state index in [1.807, 2.05) is 18.2 Å². The van der Waals surface area contributed by atoms with Gasteiger partial charge in [-0.3, -0.25) is 0 Å². The van der Waals surface area contributed by atoms with E-state index < -0.39 is 0 Å². The molecule has 1 aromatic carbocycles. The summed E-state index contributed by atoms with van der Waals surface area (Å²) in [5.41, 5.74) is 9.93. The monoisotopic (exact) mass is 148 g/mol. The highest BCUT2D eigenvalue weighted by atomic mass is 16.6. The van der Waals surface area contributed by atoms with E-state index in [4.69, 9.17) is 10.6 Å². The standard InChI is InChI=1S/C8H8N2O/c9-7-2-1-6-3-4-10-11-8(6)5-7/h1-5,10H,9H2. The lowest BCUT2D eigenvalue weighted by molar-refractivity contribution is 0.239. The Balaban J connectivity index is 2.53. The fourth-order valence-corrected chi connectivity index (χ4v) is 0.998. The third-order valence-electron chi connectivity index (χ3n) is 1.54. The van der Waals surface area contributed by atoms with E-state index in [0.717, 1.165) is 11.3 Å². The molecule has 3 N–H and O–H groups in total. The van der Waals surface area contributed by atoms with Crippen LogP contribution in [-0.4, -0.2) is 0 Å². The lowest BCUT2D eigenvalue weighted by Gasteiger charge is -2.12. The lowest BCUT2D eigenvalue weighted by Crippen LogP contribution is -2.14. The number of nitrogens with one attached hydrogen (secondary N) is 1. The first-order valence-corrected chi connectivity index (χ1v) is 3.35. The maximum atomic E-state index is 5.55. The second-order valence-electron chi connectivity index (χ2n) is 2.35. The Hall–Kier alpha value is -1.64. The zero-order chi connectivity index (χ0) is 7.68. The van der Waals surface area contributed by atoms with Crippen molar-refractivity contribution in [2.75, 3.05) is 5.73 Å². The largest absolute Gasteiger partial charge is 0.399 e. The molecule has 0 bridgehead atoms. The van der Waals surface area contributed by atoms with Gasteiger partial charge in [-0.25, -0.2) is 5.48 Å². The molecule has 1 heterocycles. The van der Waals surface area contributed by atoms with Gasteiger partial charge in [0, 0.05) is 23.5 Å². The summed E-state index contributed by atoms with van der Waals surface area (Å²) in [6, 6.07) is 5.55. The van der Waals surface area contributed by atoms with Crippen molar-refractivity contribution < 1.29 is 4.84 Å². The fraction of sp³-hybridized carbons (Fsp3) is 0. The van der Waals surface area contributed by atoms with Crippen LogP contribution in [0.4, 0.5) is 5.69 Å². The number of hydrogen-bond acceptors (Lipinski definition) is 3. The third-order valence-corrected chi connectivity index (χ3v) is 1.54. The van der Waals surface area contributed by atoms with Gasteiger partial charge in [-0.2, -0.15) is 0 Å². The molecule has 0 saturated heterocycles. The van der Waals surface area contributed by atoms with E-state index in [1.54, 1.807) is 12.3 Å². The quantitative estimate of drug-likeness (QED) is 0.542. The maximum absolute atomic E-state index is 5.55. The number of rotatable bonds is 0. The molecule has 1 aliphatic heterocycles. The Morgan fingerprint density at radius 3 is 3.18 bits per heavy atom. The fourth-order valence-electron chi connectivity index (χ4n) is 0.998. The first-order valence-electron chi connectivity index (χ1n) is 3.35. The van der Waals surface area contributed by atoms with Crippen molar-refractivity contribution in [3.63, 3.8) is 0 Å². The smallest absolute Gasteiger partial charge is 0.164 e. The predicted octanol–water partition coefficient (Wildman–Crippen LogP) is 1.14. The van der Waals surface area contributed by atoms with Crippen LogP contribution < -0.4 is 16.1 Å². The van der Waals surface area contributed by atoms with Gasteiger partial charge in [0.2, 0.25) is 0 Å². The van der Waals surface area contributed by atoms with Crippen molar-refractivity contribution in [2.45, 2.75) is 0 Å². The molecule has 0 amide bonds. The molecule has 0 radical (unpaired) electrons. The average Bonchev–Trinajstić information content (AvgIpc) is 2.04. The SMILES string of the molecule is Nc1ccc2c(c1)ONC=C2. The number of nitrogens with two attached hydrogens (primary N) is 1. The van der Waals surface area contributed by atoms with Gasteiger partial charge in [-0.1, -0.05) is 0 Å². The maximum Gasteiger partial charge on any atom is 0.164 e. The van der Waals surface area contributed by atoms with E-state index in [2.05, 4.69) is 5.48 Å². The van der Waals surface area contributed by atoms with Crippen LogP contribution in [0.1, 0.15) is 5.56 Å². The highest BCUT2D eigenvalue weighted by molar-refractivity contribution is 5.62. The Bertz CT molecular complexity index is 307. The summed E-state index contributed by atoms with van der Waals surface area (Å²) in [6.45, 7) is 0. The Morgan fingerprint density at radius 2 is 2.27 bits per heavy atom. The van der Waals surface area contributed by atoms with E-state index in [-0.39, 0.29) is 0 Å². The molecule has 1 aromatic rings. The van der Waals surface area contributed by atoms with E-state index in [9.17, 15) is 0 Å². The second-order valence-corrected chi connectivity index (χ2v) is 2.35. The second kappa shape index (κ2) is 2.20. The minimum atomic E-state index is 0.709. The van der Waals surface area contributed by atoms with Crippen LogP contribution in [0.3, 0.4) is 0 Å². The summed E-state index contributed by atoms with van der Waals surface area (Å²) < 4.78 is 0. The van der Waals surface area contributed by atoms with Crippen LogP contribution in [-0.2, 0) is 0 Å². The molecule has 0 unspecified atom stereocenters. The number of fused-ring (bicyclic) bond motifs is 1. The molecule has 0 atom stereocenters. The zero-order valence-electron chi connectivity index (χ0n) is 5.87. The van der Waals surface area contributed by atoms with Gasteiger partial charge in [0.25, 0.3) is 0 Å². The molecule has 3 nitrogen and oxygen atoms in total.